The number of nitrogens with one attached hydrogen (secondary N) is 1. The van der Waals surface area contributed by atoms with Gasteiger partial charge in [-0.3, -0.25) is 14.5 Å². The molecule has 2 aliphatic rings. The number of aromatic hydroxyl groups is 1. The van der Waals surface area contributed by atoms with Crippen molar-refractivity contribution in [1.29, 1.82) is 0 Å². The van der Waals surface area contributed by atoms with E-state index in [1.54, 1.807) is 37.4 Å². The smallest absolute Gasteiger partial charge is 0.355 e. The minimum Gasteiger partial charge on any atom is -0.508 e. The summed E-state index contributed by atoms with van der Waals surface area (Å²) in [5, 5.41) is 23.9. The van der Waals surface area contributed by atoms with Gasteiger partial charge in [-0.1, -0.05) is 36.0 Å². The lowest BCUT2D eigenvalue weighted by molar-refractivity contribution is -0.258. The fourth-order valence-electron chi connectivity index (χ4n) is 4.71. The van der Waals surface area contributed by atoms with Gasteiger partial charge in [0.1, 0.15) is 18.1 Å². The zero-order chi connectivity index (χ0) is 31.4. The number of hydrogen-bond acceptors (Lipinski definition) is 13. The third-order valence-electron chi connectivity index (χ3n) is 6.93. The lowest BCUT2D eigenvalue weighted by Gasteiger charge is -2.55. The summed E-state index contributed by atoms with van der Waals surface area (Å²) in [6, 6.07) is 12.4. The molecule has 2 amide bonds. The molecule has 2 aromatic carbocycles. The first-order valence-electron chi connectivity index (χ1n) is 13.2. The molecule has 0 saturated carbocycles. The van der Waals surface area contributed by atoms with Gasteiger partial charge in [0.25, 0.3) is 11.6 Å². The highest BCUT2D eigenvalue weighted by Gasteiger charge is 2.67. The normalized spacial score (nSPS) is 19.2. The number of aryl methyl sites for hydroxylation is 1. The Hall–Kier alpha value is -4.80. The quantitative estimate of drug-likeness (QED) is 0.132. The molecule has 0 aliphatic carbocycles. The van der Waals surface area contributed by atoms with Crippen molar-refractivity contribution >= 4 is 35.5 Å². The van der Waals surface area contributed by atoms with Gasteiger partial charge in [-0.15, -0.1) is 5.10 Å². The molecule has 0 radical (unpaired) electrons. The molecule has 230 valence electrons. The zero-order valence-corrected chi connectivity index (χ0v) is 24.7. The Morgan fingerprint density at radius 1 is 1.14 bits per heavy atom. The summed E-state index contributed by atoms with van der Waals surface area (Å²) in [5.74, 6) is -2.40. The summed E-state index contributed by atoms with van der Waals surface area (Å²) in [6.45, 7) is -0.291. The fraction of sp³-hybridized carbons (Fsp3) is 0.321. The number of nitrogens with zero attached hydrogens (tertiary/aromatic N) is 5. The minimum atomic E-state index is -1.89. The number of thioether (sulfide) groups is 1. The van der Waals surface area contributed by atoms with Crippen LogP contribution in [-0.2, 0) is 53.4 Å². The molecule has 3 aromatic rings. The number of fused-ring (bicyclic) bond motifs is 1. The second kappa shape index (κ2) is 12.8. The van der Waals surface area contributed by atoms with Crippen LogP contribution >= 0.6 is 11.8 Å². The number of β-lactam (4-membered cyclic amide) rings is 1. The van der Waals surface area contributed by atoms with Gasteiger partial charge >= 0.3 is 11.9 Å². The van der Waals surface area contributed by atoms with Gasteiger partial charge in [0.2, 0.25) is 11.1 Å². The van der Waals surface area contributed by atoms with E-state index in [0.29, 0.717) is 21.9 Å². The van der Waals surface area contributed by atoms with Crippen molar-refractivity contribution in [2.75, 3.05) is 26.6 Å². The predicted molar refractivity (Wildman–Crippen MR) is 150 cm³/mol. The van der Waals surface area contributed by atoms with E-state index in [0.717, 1.165) is 4.90 Å². The molecular weight excluding hydrogens is 596 g/mol. The van der Waals surface area contributed by atoms with Gasteiger partial charge in [-0.25, -0.2) is 14.3 Å². The van der Waals surface area contributed by atoms with Crippen LogP contribution in [0.4, 0.5) is 0 Å². The van der Waals surface area contributed by atoms with Crippen molar-refractivity contribution in [2.45, 2.75) is 30.1 Å². The van der Waals surface area contributed by atoms with Crippen molar-refractivity contribution in [3.8, 4) is 5.75 Å². The molecule has 16 heteroatoms. The van der Waals surface area contributed by atoms with E-state index in [4.69, 9.17) is 18.9 Å². The van der Waals surface area contributed by atoms with Crippen molar-refractivity contribution in [3.63, 3.8) is 0 Å². The number of phenols is 1. The number of esters is 2. The van der Waals surface area contributed by atoms with Gasteiger partial charge in [0.15, 0.2) is 6.23 Å². The number of benzene rings is 2. The maximum absolute atomic E-state index is 13.7. The molecule has 2 N–H and O–H groups in total. The van der Waals surface area contributed by atoms with Gasteiger partial charge in [-0.2, -0.15) is 0 Å². The molecular formula is C28H28N6O9S. The van der Waals surface area contributed by atoms with E-state index in [1.165, 1.54) is 48.9 Å². The number of tetrazole rings is 1. The van der Waals surface area contributed by atoms with E-state index < -0.39 is 35.7 Å². The molecule has 2 atom stereocenters. The molecule has 0 spiro atoms. The van der Waals surface area contributed by atoms with Gasteiger partial charge in [0.05, 0.1) is 25.7 Å². The Balaban J connectivity index is 1.37. The van der Waals surface area contributed by atoms with Crippen LogP contribution in [-0.4, -0.2) is 92.5 Å². The summed E-state index contributed by atoms with van der Waals surface area (Å²) in [7, 11) is 4.18. The number of aromatic nitrogens is 4. The topological polar surface area (TPSA) is 184 Å². The number of carbonyl (C=O) groups excluding carboxylic acids is 4. The number of ether oxygens (including phenoxy) is 4. The van der Waals surface area contributed by atoms with Crippen LogP contribution in [0, 0.1) is 0 Å². The highest BCUT2D eigenvalue weighted by atomic mass is 32.2. The van der Waals surface area contributed by atoms with E-state index in [9.17, 15) is 24.3 Å². The summed E-state index contributed by atoms with van der Waals surface area (Å²) in [5.41, 5.74) is -0.117. The Morgan fingerprint density at radius 3 is 2.59 bits per heavy atom. The van der Waals surface area contributed by atoms with Crippen molar-refractivity contribution < 1.29 is 43.2 Å². The molecule has 2 aliphatic heterocycles. The first-order valence-corrected chi connectivity index (χ1v) is 14.2. The molecule has 1 saturated heterocycles. The molecule has 3 heterocycles. The number of rotatable bonds is 11. The molecule has 5 rings (SSSR count). The number of carbonyl (C=O) groups is 4. The SMILES string of the molecule is COC(=O)c1cccc(COC(=O)C2=C(CSc3nnnn3C)CO[C@H]3N2C(=O)[C@]3(NC(=O)Cc2ccc(O)cc2)OC)c1. The largest absolute Gasteiger partial charge is 0.508 e. The Kier molecular flexibility index (Phi) is 8.93. The summed E-state index contributed by atoms with van der Waals surface area (Å²) in [4.78, 5) is 53.3. The average Bonchev–Trinajstić information content (AvgIpc) is 3.45. The molecule has 0 bridgehead atoms. The maximum Gasteiger partial charge on any atom is 0.355 e. The first kappa shape index (κ1) is 30.7. The van der Waals surface area contributed by atoms with E-state index in [1.807, 2.05) is 0 Å². The molecule has 1 aromatic heterocycles. The molecule has 44 heavy (non-hydrogen) atoms. The highest BCUT2D eigenvalue weighted by Crippen LogP contribution is 2.41. The summed E-state index contributed by atoms with van der Waals surface area (Å²) < 4.78 is 23.3. The number of hydrogen-bond donors (Lipinski definition) is 2. The zero-order valence-electron chi connectivity index (χ0n) is 23.9. The third kappa shape index (κ3) is 5.99. The second-order valence-corrected chi connectivity index (χ2v) is 10.7. The molecule has 1 fully saturated rings. The fourth-order valence-corrected chi connectivity index (χ4v) is 5.55. The van der Waals surface area contributed by atoms with E-state index in [-0.39, 0.29) is 42.4 Å². The third-order valence-corrected chi connectivity index (χ3v) is 8.02. The highest BCUT2D eigenvalue weighted by molar-refractivity contribution is 7.99. The van der Waals surface area contributed by atoms with Crippen molar-refractivity contribution in [1.82, 2.24) is 30.4 Å². The maximum atomic E-state index is 13.7. The summed E-state index contributed by atoms with van der Waals surface area (Å²) in [6.07, 6.45) is -1.27. The lowest BCUT2D eigenvalue weighted by atomic mass is 9.94. The van der Waals surface area contributed by atoms with E-state index in [2.05, 4.69) is 20.8 Å². The standard InChI is InChI=1S/C28H28N6O9S/c1-33-27(30-31-32-33)44-15-19-14-43-26-28(41-3,29-21(36)12-16-7-9-20(35)10-8-16)25(39)34(26)22(19)24(38)42-13-17-5-4-6-18(11-17)23(37)40-2/h4-11,26,35H,12-15H2,1-3H3,(H,29,36)/t26-,28+/m1/s1. The van der Waals surface area contributed by atoms with Crippen LogP contribution in [0.5, 0.6) is 5.75 Å². The van der Waals surface area contributed by atoms with Crippen LogP contribution in [0.3, 0.4) is 0 Å². The number of amides is 2. The van der Waals surface area contributed by atoms with Gasteiger partial charge in [0, 0.05) is 19.9 Å². The van der Waals surface area contributed by atoms with E-state index >= 15 is 0 Å². The predicted octanol–water partition coefficient (Wildman–Crippen LogP) is 0.692. The lowest BCUT2D eigenvalue weighted by Crippen LogP contribution is -2.82. The van der Waals surface area contributed by atoms with Crippen LogP contribution in [0.2, 0.25) is 0 Å². The first-order chi connectivity index (χ1) is 21.2. The number of methoxy groups -OCH3 is 2. The number of phenolic OH excluding ortho intramolecular Hbond substituents is 1. The Labute approximate surface area is 255 Å². The second-order valence-electron chi connectivity index (χ2n) is 9.76. The van der Waals surface area contributed by atoms with Crippen molar-refractivity contribution in [2.24, 2.45) is 7.05 Å². The van der Waals surface area contributed by atoms with Gasteiger partial charge < -0.3 is 29.4 Å². The monoisotopic (exact) mass is 624 g/mol. The summed E-state index contributed by atoms with van der Waals surface area (Å²) >= 11 is 1.22. The van der Waals surface area contributed by atoms with Crippen LogP contribution in [0.1, 0.15) is 21.5 Å². The van der Waals surface area contributed by atoms with Crippen LogP contribution in [0.15, 0.2) is 65.0 Å². The van der Waals surface area contributed by atoms with Crippen molar-refractivity contribution in [3.05, 3.63) is 76.5 Å². The van der Waals surface area contributed by atoms with Crippen LogP contribution in [0.25, 0.3) is 0 Å². The Bertz CT molecular complexity index is 1630. The molecule has 0 unspecified atom stereocenters. The minimum absolute atomic E-state index is 0.0507. The van der Waals surface area contributed by atoms with Gasteiger partial charge in [-0.05, 0) is 51.4 Å². The Morgan fingerprint density at radius 2 is 1.91 bits per heavy atom. The van der Waals surface area contributed by atoms with Crippen LogP contribution < -0.4 is 5.32 Å². The molecule has 15 nitrogen and oxygen atoms in total. The average molecular weight is 625 g/mol.